The van der Waals surface area contributed by atoms with Gasteiger partial charge >= 0.3 is 0 Å². The standard InChI is InChI=1S/C23H30N2O5S/c1-5-31(27,28)25-15-22(30-21-9-7-6-8-20(21)25)23(26)24-19(14-16(2)3)17-10-12-18(29-4)13-11-17/h6-13,16,19,22H,5,14-15H2,1-4H3,(H,24,26)/t19-,22-/m0/s1. The number of benzene rings is 2. The number of ether oxygens (including phenoxy) is 2. The Morgan fingerprint density at radius 2 is 1.87 bits per heavy atom. The van der Waals surface area contributed by atoms with Crippen LogP contribution in [0.2, 0.25) is 0 Å². The van der Waals surface area contributed by atoms with E-state index in [1.54, 1.807) is 38.3 Å². The number of fused-ring (bicyclic) bond motifs is 1. The summed E-state index contributed by atoms with van der Waals surface area (Å²) in [5.41, 5.74) is 1.42. The molecule has 0 spiro atoms. The van der Waals surface area contributed by atoms with Crippen molar-refractivity contribution in [3.05, 3.63) is 54.1 Å². The number of sulfonamides is 1. The van der Waals surface area contributed by atoms with E-state index >= 15 is 0 Å². The molecule has 8 heteroatoms. The van der Waals surface area contributed by atoms with Crippen LogP contribution in [-0.4, -0.2) is 39.8 Å². The molecule has 0 fully saturated rings. The summed E-state index contributed by atoms with van der Waals surface area (Å²) < 4.78 is 37.7. The molecule has 0 saturated heterocycles. The highest BCUT2D eigenvalue weighted by atomic mass is 32.2. The number of hydrogen-bond acceptors (Lipinski definition) is 5. The van der Waals surface area contributed by atoms with Crippen LogP contribution in [0.3, 0.4) is 0 Å². The topological polar surface area (TPSA) is 84.9 Å². The minimum absolute atomic E-state index is 0.0580. The van der Waals surface area contributed by atoms with Gasteiger partial charge in [0.25, 0.3) is 5.91 Å². The first-order valence-electron chi connectivity index (χ1n) is 10.5. The zero-order valence-electron chi connectivity index (χ0n) is 18.4. The van der Waals surface area contributed by atoms with Crippen molar-refractivity contribution in [3.63, 3.8) is 0 Å². The van der Waals surface area contributed by atoms with E-state index < -0.39 is 16.1 Å². The van der Waals surface area contributed by atoms with Crippen molar-refractivity contribution in [2.45, 2.75) is 39.3 Å². The average molecular weight is 447 g/mol. The number of hydrogen-bond donors (Lipinski definition) is 1. The molecule has 1 aliphatic rings. The second-order valence-electron chi connectivity index (χ2n) is 7.97. The quantitative estimate of drug-likeness (QED) is 0.671. The first-order valence-corrected chi connectivity index (χ1v) is 12.1. The van der Waals surface area contributed by atoms with Crippen molar-refractivity contribution >= 4 is 21.6 Å². The van der Waals surface area contributed by atoms with Gasteiger partial charge in [0.1, 0.15) is 11.5 Å². The van der Waals surface area contributed by atoms with Crippen LogP contribution in [-0.2, 0) is 14.8 Å². The Labute approximate surface area is 184 Å². The van der Waals surface area contributed by atoms with Crippen LogP contribution in [0.15, 0.2) is 48.5 Å². The maximum atomic E-state index is 13.2. The molecule has 0 bridgehead atoms. The van der Waals surface area contributed by atoms with Crippen LogP contribution in [0.5, 0.6) is 11.5 Å². The normalized spacial score (nSPS) is 16.9. The lowest BCUT2D eigenvalue weighted by Gasteiger charge is -2.35. The van der Waals surface area contributed by atoms with Crippen molar-refractivity contribution in [3.8, 4) is 11.5 Å². The van der Waals surface area contributed by atoms with Crippen LogP contribution in [0.4, 0.5) is 5.69 Å². The summed E-state index contributed by atoms with van der Waals surface area (Å²) in [4.78, 5) is 13.2. The van der Waals surface area contributed by atoms with Crippen LogP contribution in [0.25, 0.3) is 0 Å². The van der Waals surface area contributed by atoms with Gasteiger partial charge in [0.2, 0.25) is 10.0 Å². The van der Waals surface area contributed by atoms with Gasteiger partial charge in [-0.2, -0.15) is 0 Å². The fourth-order valence-electron chi connectivity index (χ4n) is 3.61. The molecule has 168 valence electrons. The molecule has 3 rings (SSSR count). The Morgan fingerprint density at radius 3 is 2.48 bits per heavy atom. The first-order chi connectivity index (χ1) is 14.7. The lowest BCUT2D eigenvalue weighted by Crippen LogP contribution is -2.51. The van der Waals surface area contributed by atoms with E-state index in [0.717, 1.165) is 17.7 Å². The Hall–Kier alpha value is -2.74. The molecule has 7 nitrogen and oxygen atoms in total. The summed E-state index contributed by atoms with van der Waals surface area (Å²) in [6.07, 6.45) is -0.206. The second kappa shape index (κ2) is 9.60. The van der Waals surface area contributed by atoms with Crippen LogP contribution in [0, 0.1) is 5.92 Å². The number of carbonyl (C=O) groups is 1. The van der Waals surface area contributed by atoms with Crippen molar-refractivity contribution in [1.29, 1.82) is 0 Å². The maximum Gasteiger partial charge on any atom is 0.263 e. The Kier molecular flexibility index (Phi) is 7.10. The van der Waals surface area contributed by atoms with Gasteiger partial charge in [0, 0.05) is 0 Å². The van der Waals surface area contributed by atoms with Gasteiger partial charge in [-0.1, -0.05) is 38.1 Å². The van der Waals surface area contributed by atoms with Gasteiger partial charge in [0.15, 0.2) is 6.10 Å². The molecule has 0 unspecified atom stereocenters. The highest BCUT2D eigenvalue weighted by molar-refractivity contribution is 7.92. The molecule has 1 amide bonds. The summed E-state index contributed by atoms with van der Waals surface area (Å²) in [6, 6.07) is 14.2. The number of methoxy groups -OCH3 is 1. The van der Waals surface area contributed by atoms with Gasteiger partial charge < -0.3 is 14.8 Å². The molecule has 0 radical (unpaired) electrons. The van der Waals surface area contributed by atoms with E-state index in [-0.39, 0.29) is 24.2 Å². The smallest absolute Gasteiger partial charge is 0.263 e. The predicted octanol–water partition coefficient (Wildman–Crippen LogP) is 3.52. The van der Waals surface area contributed by atoms with Gasteiger partial charge in [0.05, 0.1) is 31.1 Å². The molecular weight excluding hydrogens is 416 g/mol. The zero-order chi connectivity index (χ0) is 22.6. The Morgan fingerprint density at radius 1 is 1.19 bits per heavy atom. The number of amides is 1. The third-order valence-corrected chi connectivity index (χ3v) is 7.02. The Bertz CT molecular complexity index is 1000. The summed E-state index contributed by atoms with van der Waals surface area (Å²) in [6.45, 7) is 5.71. The summed E-state index contributed by atoms with van der Waals surface area (Å²) in [5.74, 6) is 1.07. The molecule has 1 heterocycles. The van der Waals surface area contributed by atoms with Gasteiger partial charge in [-0.3, -0.25) is 9.10 Å². The second-order valence-corrected chi connectivity index (χ2v) is 10.2. The number of nitrogens with zero attached hydrogens (tertiary/aromatic N) is 1. The van der Waals surface area contributed by atoms with Crippen LogP contribution >= 0.6 is 0 Å². The number of para-hydroxylation sites is 2. The lowest BCUT2D eigenvalue weighted by atomic mass is 9.96. The summed E-state index contributed by atoms with van der Waals surface area (Å²) in [7, 11) is -1.94. The largest absolute Gasteiger partial charge is 0.497 e. The third kappa shape index (κ3) is 5.31. The van der Waals surface area contributed by atoms with Crippen molar-refractivity contribution in [2.24, 2.45) is 5.92 Å². The molecule has 1 N–H and O–H groups in total. The summed E-state index contributed by atoms with van der Waals surface area (Å²) >= 11 is 0. The fourth-order valence-corrected chi connectivity index (χ4v) is 4.73. The number of carbonyl (C=O) groups excluding carboxylic acids is 1. The number of nitrogens with one attached hydrogen (secondary N) is 1. The SMILES string of the molecule is CCS(=O)(=O)N1C[C@@H](C(=O)N[C@@H](CC(C)C)c2ccc(OC)cc2)Oc2ccccc21. The minimum atomic E-state index is -3.55. The molecule has 2 atom stereocenters. The van der Waals surface area contributed by atoms with Crippen LogP contribution in [0.1, 0.15) is 38.8 Å². The van der Waals surface area contributed by atoms with Crippen LogP contribution < -0.4 is 19.1 Å². The molecule has 0 aliphatic carbocycles. The molecule has 1 aliphatic heterocycles. The van der Waals surface area contributed by atoms with Gasteiger partial charge in [-0.15, -0.1) is 0 Å². The summed E-state index contributed by atoms with van der Waals surface area (Å²) in [5, 5.41) is 3.07. The number of anilines is 1. The fraction of sp³-hybridized carbons (Fsp3) is 0.435. The highest BCUT2D eigenvalue weighted by Crippen LogP contribution is 2.35. The molecule has 0 saturated carbocycles. The maximum absolute atomic E-state index is 13.2. The minimum Gasteiger partial charge on any atom is -0.497 e. The Balaban J connectivity index is 1.84. The predicted molar refractivity (Wildman–Crippen MR) is 121 cm³/mol. The van der Waals surface area contributed by atoms with Crippen molar-refractivity contribution in [2.75, 3.05) is 23.7 Å². The molecular formula is C23H30N2O5S. The first kappa shape index (κ1) is 22.9. The zero-order valence-corrected chi connectivity index (χ0v) is 19.2. The highest BCUT2D eigenvalue weighted by Gasteiger charge is 2.36. The van der Waals surface area contributed by atoms with E-state index in [4.69, 9.17) is 9.47 Å². The van der Waals surface area contributed by atoms with Crippen molar-refractivity contribution < 1.29 is 22.7 Å². The molecule has 31 heavy (non-hydrogen) atoms. The molecule has 2 aromatic carbocycles. The van der Waals surface area contributed by atoms with E-state index in [1.165, 1.54) is 4.31 Å². The molecule has 0 aromatic heterocycles. The average Bonchev–Trinajstić information content (AvgIpc) is 2.77. The van der Waals surface area contributed by atoms with Gasteiger partial charge in [-0.25, -0.2) is 8.42 Å². The van der Waals surface area contributed by atoms with Gasteiger partial charge in [-0.05, 0) is 49.1 Å². The lowest BCUT2D eigenvalue weighted by molar-refractivity contribution is -0.128. The monoisotopic (exact) mass is 446 g/mol. The van der Waals surface area contributed by atoms with E-state index in [0.29, 0.717) is 17.4 Å². The van der Waals surface area contributed by atoms with Crippen molar-refractivity contribution in [1.82, 2.24) is 5.32 Å². The van der Waals surface area contributed by atoms with E-state index in [2.05, 4.69) is 19.2 Å². The van der Waals surface area contributed by atoms with E-state index in [1.807, 2.05) is 24.3 Å². The number of rotatable bonds is 8. The third-order valence-electron chi connectivity index (χ3n) is 5.27. The molecule has 2 aromatic rings. The van der Waals surface area contributed by atoms with E-state index in [9.17, 15) is 13.2 Å².